The zero-order valence-corrected chi connectivity index (χ0v) is 22.5. The van der Waals surface area contributed by atoms with Crippen LogP contribution in [0.5, 0.6) is 0 Å². The van der Waals surface area contributed by atoms with Gasteiger partial charge in [-0.15, -0.1) is 0 Å². The van der Waals surface area contributed by atoms with Crippen molar-refractivity contribution in [3.05, 3.63) is 63.9 Å². The number of aromatic amines is 1. The van der Waals surface area contributed by atoms with Gasteiger partial charge in [0.25, 0.3) is 5.56 Å². The number of hydrogen-bond acceptors (Lipinski definition) is 7. The zero-order valence-electron chi connectivity index (χ0n) is 21.7. The van der Waals surface area contributed by atoms with Gasteiger partial charge in [-0.25, -0.2) is 9.97 Å². The summed E-state index contributed by atoms with van der Waals surface area (Å²) in [5, 5.41) is 4.57. The summed E-state index contributed by atoms with van der Waals surface area (Å²) in [6.07, 6.45) is 16.5. The van der Waals surface area contributed by atoms with E-state index in [1.165, 1.54) is 44.9 Å². The normalized spacial score (nSPS) is 16.3. The largest absolute Gasteiger partial charge is 0.351 e. The Bertz CT molecular complexity index is 1460. The van der Waals surface area contributed by atoms with Crippen LogP contribution in [-0.2, 0) is 0 Å². The topological polar surface area (TPSA) is 122 Å². The number of nitrogens with one attached hydrogen (secondary N) is 2. The Morgan fingerprint density at radius 1 is 0.947 bits per heavy atom. The molecule has 0 amide bonds. The van der Waals surface area contributed by atoms with Crippen LogP contribution in [0, 0.1) is 6.92 Å². The van der Waals surface area contributed by atoms with E-state index in [1.807, 2.05) is 19.1 Å². The Morgan fingerprint density at radius 2 is 1.71 bits per heavy atom. The highest BCUT2D eigenvalue weighted by molar-refractivity contribution is 6.33. The fourth-order valence-corrected chi connectivity index (χ4v) is 5.43. The minimum Gasteiger partial charge on any atom is -0.351 e. The number of nitrogens with two attached hydrogens (primary N) is 1. The second-order valence-corrected chi connectivity index (χ2v) is 10.7. The molecule has 2 aliphatic rings. The number of pyridine rings is 1. The van der Waals surface area contributed by atoms with Crippen molar-refractivity contribution in [2.75, 3.05) is 5.32 Å². The quantitative estimate of drug-likeness (QED) is 0.293. The summed E-state index contributed by atoms with van der Waals surface area (Å²) >= 11 is 6.55. The maximum Gasteiger partial charge on any atom is 0.257 e. The van der Waals surface area contributed by atoms with Crippen LogP contribution in [0.15, 0.2) is 47.7 Å². The van der Waals surface area contributed by atoms with Gasteiger partial charge in [0, 0.05) is 51.6 Å². The molecule has 2 fully saturated rings. The summed E-state index contributed by atoms with van der Waals surface area (Å²) in [5.74, 6) is 0.546. The van der Waals surface area contributed by atoms with Crippen LogP contribution in [0.1, 0.15) is 63.5 Å². The van der Waals surface area contributed by atoms with Crippen molar-refractivity contribution in [2.24, 2.45) is 5.73 Å². The molecule has 2 aliphatic carbocycles. The SMILES string of the molecule is Cc1cncc(-c2ccc(-c3cc4cnc(NC5CCCC5)nc4[nH]c3=O)c(Cl)c2)n1.NC1CCCCC1. The molecule has 3 heterocycles. The van der Waals surface area contributed by atoms with E-state index in [1.54, 1.807) is 30.7 Å². The highest BCUT2D eigenvalue weighted by Crippen LogP contribution is 2.31. The number of anilines is 1. The number of benzene rings is 1. The Balaban J connectivity index is 0.000000366. The van der Waals surface area contributed by atoms with Gasteiger partial charge in [-0.05, 0) is 44.7 Å². The van der Waals surface area contributed by atoms with Gasteiger partial charge in [-0.3, -0.25) is 9.78 Å². The second kappa shape index (κ2) is 12.0. The summed E-state index contributed by atoms with van der Waals surface area (Å²) < 4.78 is 0. The van der Waals surface area contributed by atoms with Crippen molar-refractivity contribution in [2.45, 2.75) is 76.8 Å². The number of aryl methyl sites for hydroxylation is 1. The third-order valence-corrected chi connectivity index (χ3v) is 7.55. The van der Waals surface area contributed by atoms with Crippen molar-refractivity contribution >= 4 is 28.6 Å². The van der Waals surface area contributed by atoms with E-state index in [-0.39, 0.29) is 5.56 Å². The van der Waals surface area contributed by atoms with Crippen LogP contribution in [0.3, 0.4) is 0 Å². The molecular formula is C29H34ClN7O. The first-order valence-electron chi connectivity index (χ1n) is 13.5. The molecule has 198 valence electrons. The number of H-pyrrole nitrogens is 1. The zero-order chi connectivity index (χ0) is 26.5. The summed E-state index contributed by atoms with van der Waals surface area (Å²) in [6.45, 7) is 1.89. The molecular weight excluding hydrogens is 498 g/mol. The molecule has 0 spiro atoms. The molecule has 9 heteroatoms. The molecule has 2 saturated carbocycles. The second-order valence-electron chi connectivity index (χ2n) is 10.3. The molecule has 0 radical (unpaired) electrons. The Kier molecular flexibility index (Phi) is 8.29. The Labute approximate surface area is 227 Å². The van der Waals surface area contributed by atoms with Crippen LogP contribution in [0.2, 0.25) is 5.02 Å². The number of hydrogen-bond donors (Lipinski definition) is 3. The average Bonchev–Trinajstić information content (AvgIpc) is 3.42. The number of aromatic nitrogens is 5. The Morgan fingerprint density at radius 3 is 2.39 bits per heavy atom. The molecule has 6 rings (SSSR count). The summed E-state index contributed by atoms with van der Waals surface area (Å²) in [4.78, 5) is 33.3. The van der Waals surface area contributed by atoms with Crippen LogP contribution < -0.4 is 16.6 Å². The lowest BCUT2D eigenvalue weighted by Gasteiger charge is -2.15. The predicted molar refractivity (Wildman–Crippen MR) is 153 cm³/mol. The minimum atomic E-state index is -0.247. The van der Waals surface area contributed by atoms with E-state index in [9.17, 15) is 4.79 Å². The molecule has 38 heavy (non-hydrogen) atoms. The highest BCUT2D eigenvalue weighted by Gasteiger charge is 2.17. The number of nitrogens with zero attached hydrogens (tertiary/aromatic N) is 4. The maximum atomic E-state index is 12.8. The summed E-state index contributed by atoms with van der Waals surface area (Å²) in [5.41, 5.74) is 9.41. The van der Waals surface area contributed by atoms with Crippen molar-refractivity contribution in [3.63, 3.8) is 0 Å². The number of rotatable bonds is 4. The van der Waals surface area contributed by atoms with Gasteiger partial charge in [0.2, 0.25) is 5.95 Å². The summed E-state index contributed by atoms with van der Waals surface area (Å²) in [7, 11) is 0. The average molecular weight is 532 g/mol. The molecule has 8 nitrogen and oxygen atoms in total. The lowest BCUT2D eigenvalue weighted by atomic mass is 9.97. The minimum absolute atomic E-state index is 0.247. The third kappa shape index (κ3) is 6.37. The first-order valence-corrected chi connectivity index (χ1v) is 13.9. The van der Waals surface area contributed by atoms with Crippen molar-refractivity contribution < 1.29 is 0 Å². The fourth-order valence-electron chi connectivity index (χ4n) is 5.14. The van der Waals surface area contributed by atoms with E-state index in [0.717, 1.165) is 35.2 Å². The Hall–Kier alpha value is -3.36. The molecule has 0 aliphatic heterocycles. The molecule has 0 bridgehead atoms. The monoisotopic (exact) mass is 531 g/mol. The van der Waals surface area contributed by atoms with Gasteiger partial charge in [0.05, 0.1) is 17.6 Å². The van der Waals surface area contributed by atoms with Gasteiger partial charge >= 0.3 is 0 Å². The molecule has 4 aromatic rings. The van der Waals surface area contributed by atoms with E-state index in [2.05, 4.69) is 30.2 Å². The maximum absolute atomic E-state index is 12.8. The van der Waals surface area contributed by atoms with E-state index >= 15 is 0 Å². The van der Waals surface area contributed by atoms with E-state index in [4.69, 9.17) is 17.3 Å². The van der Waals surface area contributed by atoms with E-state index in [0.29, 0.717) is 39.8 Å². The molecule has 4 N–H and O–H groups in total. The van der Waals surface area contributed by atoms with Crippen LogP contribution in [0.4, 0.5) is 5.95 Å². The van der Waals surface area contributed by atoms with Gasteiger partial charge in [0.1, 0.15) is 5.65 Å². The molecule has 0 saturated heterocycles. The lowest BCUT2D eigenvalue weighted by molar-refractivity contribution is 0.441. The van der Waals surface area contributed by atoms with Crippen molar-refractivity contribution in [1.29, 1.82) is 0 Å². The smallest absolute Gasteiger partial charge is 0.257 e. The lowest BCUT2D eigenvalue weighted by Crippen LogP contribution is -2.22. The van der Waals surface area contributed by atoms with Crippen molar-refractivity contribution in [1.82, 2.24) is 24.9 Å². The van der Waals surface area contributed by atoms with E-state index < -0.39 is 0 Å². The molecule has 1 aromatic carbocycles. The standard InChI is InChI=1S/C23H21ClN6O.C6H13N/c1-13-10-25-12-20(27-13)14-6-7-17(19(24)9-14)18-8-15-11-26-23(28-16-4-2-3-5-16)30-21(15)29-22(18)31;7-6-4-2-1-3-5-6/h6-12,16H,2-5H2,1H3,(H2,26,28,29,30,31);6H,1-5,7H2. The third-order valence-electron chi connectivity index (χ3n) is 7.24. The summed E-state index contributed by atoms with van der Waals surface area (Å²) in [6, 6.07) is 8.23. The van der Waals surface area contributed by atoms with Gasteiger partial charge < -0.3 is 16.0 Å². The van der Waals surface area contributed by atoms with Gasteiger partial charge in [-0.1, -0.05) is 55.8 Å². The fraction of sp³-hybridized carbons (Fsp3) is 0.414. The van der Waals surface area contributed by atoms with Gasteiger partial charge in [-0.2, -0.15) is 4.98 Å². The first kappa shape index (κ1) is 26.3. The van der Waals surface area contributed by atoms with Crippen LogP contribution in [-0.4, -0.2) is 37.0 Å². The first-order chi connectivity index (χ1) is 18.5. The molecule has 3 aromatic heterocycles. The van der Waals surface area contributed by atoms with Crippen LogP contribution >= 0.6 is 11.6 Å². The predicted octanol–water partition coefficient (Wildman–Crippen LogP) is 6.04. The number of fused-ring (bicyclic) bond motifs is 1. The van der Waals surface area contributed by atoms with Crippen LogP contribution in [0.25, 0.3) is 33.4 Å². The van der Waals surface area contributed by atoms with Gasteiger partial charge in [0.15, 0.2) is 0 Å². The molecule has 0 unspecified atom stereocenters. The highest BCUT2D eigenvalue weighted by atomic mass is 35.5. The molecule has 0 atom stereocenters. The van der Waals surface area contributed by atoms with Crippen molar-refractivity contribution in [3.8, 4) is 22.4 Å². The number of halogens is 1.